The first-order chi connectivity index (χ1) is 13.4. The highest BCUT2D eigenvalue weighted by molar-refractivity contribution is 5.86. The van der Waals surface area contributed by atoms with Crippen LogP contribution in [0.4, 0.5) is 11.6 Å². The fourth-order valence-electron chi connectivity index (χ4n) is 4.57. The quantitative estimate of drug-likeness (QED) is 0.661. The number of aromatic nitrogens is 4. The van der Waals surface area contributed by atoms with Crippen molar-refractivity contribution in [3.8, 4) is 0 Å². The highest BCUT2D eigenvalue weighted by atomic mass is 35.5. The summed E-state index contributed by atoms with van der Waals surface area (Å²) in [7, 11) is 0. The highest BCUT2D eigenvalue weighted by Gasteiger charge is 2.24. The molecule has 9 nitrogen and oxygen atoms in total. The van der Waals surface area contributed by atoms with E-state index in [0.717, 1.165) is 75.6 Å². The van der Waals surface area contributed by atoms with Crippen LogP contribution in [-0.2, 0) is 0 Å². The van der Waals surface area contributed by atoms with Gasteiger partial charge in [0, 0.05) is 64.3 Å². The van der Waals surface area contributed by atoms with Crippen LogP contribution in [0.3, 0.4) is 0 Å². The molecule has 5 rings (SSSR count). The Hall–Kier alpha value is -1.10. The Labute approximate surface area is 202 Å². The van der Waals surface area contributed by atoms with Crippen LogP contribution in [-0.4, -0.2) is 77.4 Å². The average molecular weight is 498 g/mol. The lowest BCUT2D eigenvalue weighted by Crippen LogP contribution is -2.45. The average Bonchev–Trinajstić information content (AvgIpc) is 3.19. The molecule has 1 saturated carbocycles. The number of halogens is 3. The van der Waals surface area contributed by atoms with E-state index >= 15 is 0 Å². The Bertz CT molecular complexity index is 790. The van der Waals surface area contributed by atoms with E-state index in [2.05, 4.69) is 26.5 Å². The Morgan fingerprint density at radius 1 is 0.774 bits per heavy atom. The maximum absolute atomic E-state index is 4.95. The lowest BCUT2D eigenvalue weighted by atomic mass is 9.89. The van der Waals surface area contributed by atoms with Gasteiger partial charge in [-0.15, -0.1) is 42.3 Å². The largest absolute Gasteiger partial charge is 0.412 e. The maximum Gasteiger partial charge on any atom is 0.256 e. The first-order valence-corrected chi connectivity index (χ1v) is 10.6. The van der Waals surface area contributed by atoms with Gasteiger partial charge in [0.2, 0.25) is 0 Å². The van der Waals surface area contributed by atoms with Gasteiger partial charge in [-0.2, -0.15) is 14.5 Å². The Balaban J connectivity index is 0.00000120. The number of hydrogen-bond donors (Lipinski definition) is 2. The molecular formula is C19H35Cl3N8O. The molecule has 178 valence electrons. The van der Waals surface area contributed by atoms with Crippen molar-refractivity contribution < 1.29 is 5.48 Å². The van der Waals surface area contributed by atoms with Gasteiger partial charge in [0.25, 0.3) is 5.78 Å². The van der Waals surface area contributed by atoms with Gasteiger partial charge >= 0.3 is 0 Å². The van der Waals surface area contributed by atoms with Crippen LogP contribution >= 0.6 is 37.2 Å². The maximum atomic E-state index is 4.95. The molecule has 0 bridgehead atoms. The molecule has 3 fully saturated rings. The molecule has 2 saturated heterocycles. The van der Waals surface area contributed by atoms with Crippen molar-refractivity contribution in [2.45, 2.75) is 38.0 Å². The number of piperazine rings is 2. The van der Waals surface area contributed by atoms with Gasteiger partial charge in [0.1, 0.15) is 11.6 Å². The molecule has 2 aromatic heterocycles. The summed E-state index contributed by atoms with van der Waals surface area (Å²) >= 11 is 0. The van der Waals surface area contributed by atoms with Crippen LogP contribution in [0.15, 0.2) is 6.07 Å². The predicted octanol–water partition coefficient (Wildman–Crippen LogP) is 1.43. The van der Waals surface area contributed by atoms with Crippen molar-refractivity contribution in [2.75, 3.05) is 62.2 Å². The number of hydrogen-bond acceptors (Lipinski definition) is 7. The molecule has 0 spiro atoms. The van der Waals surface area contributed by atoms with Crippen molar-refractivity contribution in [3.63, 3.8) is 0 Å². The minimum atomic E-state index is 0. The van der Waals surface area contributed by atoms with E-state index in [0.29, 0.717) is 5.92 Å². The summed E-state index contributed by atoms with van der Waals surface area (Å²) in [5, 5.41) is 11.8. The molecule has 12 heteroatoms. The van der Waals surface area contributed by atoms with Crippen molar-refractivity contribution >= 4 is 54.6 Å². The summed E-state index contributed by atoms with van der Waals surface area (Å²) in [6, 6.07) is 2.23. The monoisotopic (exact) mass is 496 g/mol. The molecule has 0 radical (unpaired) electrons. The van der Waals surface area contributed by atoms with E-state index in [9.17, 15) is 0 Å². The van der Waals surface area contributed by atoms with Crippen molar-refractivity contribution in [1.82, 2.24) is 30.2 Å². The molecule has 0 amide bonds. The van der Waals surface area contributed by atoms with Gasteiger partial charge in [0.05, 0.1) is 0 Å². The second-order valence-electron chi connectivity index (χ2n) is 7.96. The van der Waals surface area contributed by atoms with Gasteiger partial charge < -0.3 is 25.9 Å². The van der Waals surface area contributed by atoms with Crippen LogP contribution in [0, 0.1) is 0 Å². The first-order valence-electron chi connectivity index (χ1n) is 10.6. The number of fused-ring (bicyclic) bond motifs is 1. The van der Waals surface area contributed by atoms with Crippen LogP contribution in [0.2, 0.25) is 0 Å². The lowest BCUT2D eigenvalue weighted by molar-refractivity contribution is 0.429. The molecule has 4 heterocycles. The standard InChI is InChI=1S/C19H30N8.3ClH.H2O/c1-2-4-15(5-3-1)18-23-19-22-16(25-10-6-20-7-11-25)14-17(27(19)24-18)26-12-8-21-9-13-26;;;;/h14-15,20-21H,1-13H2;3*1H;1H2. The number of anilines is 2. The molecule has 2 aromatic rings. The Morgan fingerprint density at radius 3 is 1.97 bits per heavy atom. The molecule has 0 atom stereocenters. The van der Waals surface area contributed by atoms with Crippen LogP contribution in [0.1, 0.15) is 43.8 Å². The molecule has 1 aliphatic carbocycles. The zero-order valence-electron chi connectivity index (χ0n) is 17.8. The van der Waals surface area contributed by atoms with Crippen LogP contribution in [0.5, 0.6) is 0 Å². The molecule has 4 N–H and O–H groups in total. The van der Waals surface area contributed by atoms with Crippen molar-refractivity contribution in [1.29, 1.82) is 0 Å². The van der Waals surface area contributed by atoms with Gasteiger partial charge in [-0.3, -0.25) is 0 Å². The number of nitrogens with zero attached hydrogens (tertiary/aromatic N) is 6. The summed E-state index contributed by atoms with van der Waals surface area (Å²) in [6.07, 6.45) is 6.37. The zero-order chi connectivity index (χ0) is 18.1. The summed E-state index contributed by atoms with van der Waals surface area (Å²) < 4.78 is 2.00. The molecule has 2 aliphatic heterocycles. The van der Waals surface area contributed by atoms with E-state index in [4.69, 9.17) is 15.1 Å². The third kappa shape index (κ3) is 6.03. The minimum absolute atomic E-state index is 0. The summed E-state index contributed by atoms with van der Waals surface area (Å²) in [4.78, 5) is 14.6. The second kappa shape index (κ2) is 12.8. The molecule has 0 aromatic carbocycles. The fraction of sp³-hybridized carbons (Fsp3) is 0.737. The van der Waals surface area contributed by atoms with Gasteiger partial charge in [-0.05, 0) is 12.8 Å². The molecule has 0 unspecified atom stereocenters. The van der Waals surface area contributed by atoms with E-state index in [1.54, 1.807) is 0 Å². The van der Waals surface area contributed by atoms with E-state index < -0.39 is 0 Å². The number of nitrogens with one attached hydrogen (secondary N) is 2. The van der Waals surface area contributed by atoms with Crippen molar-refractivity contribution in [2.24, 2.45) is 0 Å². The second-order valence-corrected chi connectivity index (χ2v) is 7.96. The highest BCUT2D eigenvalue weighted by Crippen LogP contribution is 2.32. The normalized spacial score (nSPS) is 19.6. The minimum Gasteiger partial charge on any atom is -0.412 e. The fourth-order valence-corrected chi connectivity index (χ4v) is 4.57. The van der Waals surface area contributed by atoms with E-state index in [-0.39, 0.29) is 42.7 Å². The Kier molecular flexibility index (Phi) is 11.5. The van der Waals surface area contributed by atoms with Gasteiger partial charge in [-0.1, -0.05) is 19.3 Å². The van der Waals surface area contributed by atoms with Gasteiger partial charge in [-0.25, -0.2) is 0 Å². The van der Waals surface area contributed by atoms with E-state index in [1.165, 1.54) is 32.1 Å². The zero-order valence-corrected chi connectivity index (χ0v) is 20.2. The number of rotatable bonds is 3. The van der Waals surface area contributed by atoms with Crippen LogP contribution in [0.25, 0.3) is 5.78 Å². The topological polar surface area (TPSA) is 105 Å². The molecule has 3 aliphatic rings. The lowest BCUT2D eigenvalue weighted by Gasteiger charge is -2.32. The molecule has 31 heavy (non-hydrogen) atoms. The molecular weight excluding hydrogens is 463 g/mol. The Morgan fingerprint density at radius 2 is 1.35 bits per heavy atom. The van der Waals surface area contributed by atoms with Crippen molar-refractivity contribution in [3.05, 3.63) is 11.9 Å². The third-order valence-corrected chi connectivity index (χ3v) is 6.15. The summed E-state index contributed by atoms with van der Waals surface area (Å²) in [5.41, 5.74) is 0. The SMILES string of the molecule is Cl.Cl.Cl.O.c1c(N2CCNCC2)nc2nc(C3CCCCC3)nn2c1N1CCNCC1. The van der Waals surface area contributed by atoms with Gasteiger partial charge in [0.15, 0.2) is 5.82 Å². The smallest absolute Gasteiger partial charge is 0.256 e. The first kappa shape index (κ1) is 27.9. The van der Waals surface area contributed by atoms with E-state index in [1.807, 2.05) is 4.52 Å². The summed E-state index contributed by atoms with van der Waals surface area (Å²) in [5.74, 6) is 4.44. The van der Waals surface area contributed by atoms with Crippen LogP contribution < -0.4 is 20.4 Å². The summed E-state index contributed by atoms with van der Waals surface area (Å²) in [6.45, 7) is 8.03. The third-order valence-electron chi connectivity index (χ3n) is 6.15. The predicted molar refractivity (Wildman–Crippen MR) is 132 cm³/mol.